The highest BCUT2D eigenvalue weighted by Crippen LogP contribution is 2.49. The summed E-state index contributed by atoms with van der Waals surface area (Å²) >= 11 is 3.06. The molecule has 1 aromatic rings. The van der Waals surface area contributed by atoms with Crippen LogP contribution in [0.5, 0.6) is 0 Å². The highest BCUT2D eigenvalue weighted by atomic mass is 79.9. The largest absolute Gasteiger partial charge is 0.406 e. The van der Waals surface area contributed by atoms with E-state index < -0.39 is 16.6 Å². The molecule has 1 aromatic carbocycles. The monoisotopic (exact) mass is 338 g/mol. The molecule has 0 unspecified atom stereocenters. The molecule has 19 heavy (non-hydrogen) atoms. The average molecular weight is 339 g/mol. The number of hydrogen-bond acceptors (Lipinski definition) is 3. The molecule has 8 heteroatoms. The Hall–Kier alpha value is -1.15. The molecule has 0 heterocycles. The van der Waals surface area contributed by atoms with E-state index in [1.165, 1.54) is 12.1 Å². The third kappa shape index (κ3) is 2.74. The summed E-state index contributed by atoms with van der Waals surface area (Å²) in [7, 11) is 0. The van der Waals surface area contributed by atoms with E-state index in [0.29, 0.717) is 5.56 Å². The number of nitrogens with zero attached hydrogens (tertiary/aromatic N) is 1. The van der Waals surface area contributed by atoms with Crippen LogP contribution in [0.2, 0.25) is 0 Å². The van der Waals surface area contributed by atoms with Crippen molar-refractivity contribution in [2.45, 2.75) is 31.1 Å². The highest BCUT2D eigenvalue weighted by molar-refractivity contribution is 9.10. The molecular weight excluding hydrogens is 329 g/mol. The predicted molar refractivity (Wildman–Crippen MR) is 65.7 cm³/mol. The van der Waals surface area contributed by atoms with Crippen LogP contribution in [0, 0.1) is 10.1 Å². The summed E-state index contributed by atoms with van der Waals surface area (Å²) < 4.78 is 38.4. The summed E-state index contributed by atoms with van der Waals surface area (Å²) in [5.41, 5.74) is -1.54. The van der Waals surface area contributed by atoms with Gasteiger partial charge in [-0.05, 0) is 34.3 Å². The van der Waals surface area contributed by atoms with Gasteiger partial charge in [-0.2, -0.15) is 13.2 Å². The Bertz CT molecular complexity index is 515. The summed E-state index contributed by atoms with van der Waals surface area (Å²) in [5.74, 6) is 0. The molecule has 0 aromatic heterocycles. The molecule has 1 N–H and O–H groups in total. The summed E-state index contributed by atoms with van der Waals surface area (Å²) in [6.07, 6.45) is -4.20. The van der Waals surface area contributed by atoms with Crippen LogP contribution in [0.3, 0.4) is 0 Å². The molecule has 2 rings (SSSR count). The summed E-state index contributed by atoms with van der Waals surface area (Å²) in [5, 5.41) is 13.2. The molecule has 1 aliphatic rings. The lowest BCUT2D eigenvalue weighted by Gasteiger charge is -2.21. The van der Waals surface area contributed by atoms with Gasteiger partial charge in [0.05, 0.1) is 9.40 Å². The zero-order chi connectivity index (χ0) is 14.3. The Morgan fingerprint density at radius 3 is 2.53 bits per heavy atom. The molecule has 4 nitrogen and oxygen atoms in total. The Kier molecular flexibility index (Phi) is 3.57. The van der Waals surface area contributed by atoms with Gasteiger partial charge in [0.15, 0.2) is 0 Å². The molecule has 1 saturated carbocycles. The number of benzene rings is 1. The fourth-order valence-electron chi connectivity index (χ4n) is 1.79. The maximum Gasteiger partial charge on any atom is 0.406 e. The van der Waals surface area contributed by atoms with Gasteiger partial charge in [-0.3, -0.25) is 15.4 Å². The first-order valence-corrected chi connectivity index (χ1v) is 6.30. The van der Waals surface area contributed by atoms with Gasteiger partial charge < -0.3 is 0 Å². The first kappa shape index (κ1) is 14.3. The highest BCUT2D eigenvalue weighted by Gasteiger charge is 2.62. The number of halogens is 4. The Morgan fingerprint density at radius 1 is 1.42 bits per heavy atom. The van der Waals surface area contributed by atoms with Crippen LogP contribution in [-0.2, 0) is 6.54 Å². The molecule has 0 aliphatic heterocycles. The SMILES string of the molecule is O=[N+]([O-])c1cccc(CNC2(C(F)(F)F)CC2)c1Br. The van der Waals surface area contributed by atoms with Crippen LogP contribution in [-0.4, -0.2) is 16.6 Å². The molecule has 104 valence electrons. The molecule has 0 radical (unpaired) electrons. The van der Waals surface area contributed by atoms with Crippen molar-refractivity contribution >= 4 is 21.6 Å². The molecule has 0 bridgehead atoms. The Balaban J connectivity index is 2.13. The molecule has 0 amide bonds. The first-order chi connectivity index (χ1) is 8.77. The number of alkyl halides is 3. The van der Waals surface area contributed by atoms with Crippen LogP contribution in [0.25, 0.3) is 0 Å². The van der Waals surface area contributed by atoms with Crippen molar-refractivity contribution in [3.05, 3.63) is 38.3 Å². The minimum atomic E-state index is -4.29. The molecular formula is C11H10BrF3N2O2. The van der Waals surface area contributed by atoms with E-state index in [1.54, 1.807) is 6.07 Å². The van der Waals surface area contributed by atoms with E-state index in [2.05, 4.69) is 21.2 Å². The second-order valence-corrected chi connectivity index (χ2v) is 5.23. The zero-order valence-corrected chi connectivity index (χ0v) is 11.2. The Morgan fingerprint density at radius 2 is 2.05 bits per heavy atom. The normalized spacial score (nSPS) is 17.3. The summed E-state index contributed by atoms with van der Waals surface area (Å²) in [4.78, 5) is 10.1. The number of hydrogen-bond donors (Lipinski definition) is 1. The second kappa shape index (κ2) is 4.75. The molecule has 0 atom stereocenters. The van der Waals surface area contributed by atoms with E-state index in [9.17, 15) is 23.3 Å². The smallest absolute Gasteiger partial charge is 0.299 e. The molecule has 1 aliphatic carbocycles. The number of nitro groups is 1. The van der Waals surface area contributed by atoms with Gasteiger partial charge in [-0.25, -0.2) is 0 Å². The van der Waals surface area contributed by atoms with Gasteiger partial charge >= 0.3 is 6.18 Å². The van der Waals surface area contributed by atoms with Crippen molar-refractivity contribution in [3.8, 4) is 0 Å². The van der Waals surface area contributed by atoms with Gasteiger partial charge in [0.25, 0.3) is 5.69 Å². The minimum absolute atomic E-state index is 0.0447. The van der Waals surface area contributed by atoms with E-state index in [4.69, 9.17) is 0 Å². The molecule has 1 fully saturated rings. The second-order valence-electron chi connectivity index (χ2n) is 4.44. The van der Waals surface area contributed by atoms with Gasteiger partial charge in [0, 0.05) is 12.6 Å². The third-order valence-electron chi connectivity index (χ3n) is 3.16. The van der Waals surface area contributed by atoms with Crippen LogP contribution >= 0.6 is 15.9 Å². The molecule has 0 spiro atoms. The fraction of sp³-hybridized carbons (Fsp3) is 0.455. The quantitative estimate of drug-likeness (QED) is 0.674. The third-order valence-corrected chi connectivity index (χ3v) is 4.08. The maximum atomic E-state index is 12.7. The number of nitro benzene ring substituents is 1. The van der Waals surface area contributed by atoms with Gasteiger partial charge in [-0.1, -0.05) is 12.1 Å². The van der Waals surface area contributed by atoms with Crippen molar-refractivity contribution in [3.63, 3.8) is 0 Å². The minimum Gasteiger partial charge on any atom is -0.299 e. The number of rotatable bonds is 4. The standard InChI is InChI=1S/C11H10BrF3N2O2/c12-9-7(2-1-3-8(9)17(18)19)6-16-10(4-5-10)11(13,14)15/h1-3,16H,4-6H2. The first-order valence-electron chi connectivity index (χ1n) is 5.50. The summed E-state index contributed by atoms with van der Waals surface area (Å²) in [6, 6.07) is 4.30. The predicted octanol–water partition coefficient (Wildman–Crippen LogP) is 3.54. The lowest BCUT2D eigenvalue weighted by atomic mass is 10.1. The lowest BCUT2D eigenvalue weighted by molar-refractivity contribution is -0.385. The fourth-order valence-corrected chi connectivity index (χ4v) is 2.34. The average Bonchev–Trinajstić information content (AvgIpc) is 3.07. The van der Waals surface area contributed by atoms with Crippen molar-refractivity contribution in [2.75, 3.05) is 0 Å². The van der Waals surface area contributed by atoms with Gasteiger partial charge in [0.2, 0.25) is 0 Å². The molecule has 0 saturated heterocycles. The van der Waals surface area contributed by atoms with Crippen molar-refractivity contribution in [1.29, 1.82) is 0 Å². The van der Waals surface area contributed by atoms with Crippen molar-refractivity contribution < 1.29 is 18.1 Å². The number of nitrogens with one attached hydrogen (secondary N) is 1. The van der Waals surface area contributed by atoms with Crippen LogP contribution in [0.1, 0.15) is 18.4 Å². The maximum absolute atomic E-state index is 12.7. The van der Waals surface area contributed by atoms with Gasteiger partial charge in [0.1, 0.15) is 5.54 Å². The summed E-state index contributed by atoms with van der Waals surface area (Å²) in [6.45, 7) is -0.0677. The Labute approximate surface area is 115 Å². The van der Waals surface area contributed by atoms with Gasteiger partial charge in [-0.15, -0.1) is 0 Å². The van der Waals surface area contributed by atoms with E-state index in [0.717, 1.165) is 0 Å². The van der Waals surface area contributed by atoms with Crippen molar-refractivity contribution in [2.24, 2.45) is 0 Å². The van der Waals surface area contributed by atoms with E-state index in [-0.39, 0.29) is 29.5 Å². The van der Waals surface area contributed by atoms with E-state index in [1.807, 2.05) is 0 Å². The zero-order valence-electron chi connectivity index (χ0n) is 9.63. The van der Waals surface area contributed by atoms with Crippen molar-refractivity contribution in [1.82, 2.24) is 5.32 Å². The van der Waals surface area contributed by atoms with Crippen LogP contribution in [0.15, 0.2) is 22.7 Å². The van der Waals surface area contributed by atoms with Crippen LogP contribution in [0.4, 0.5) is 18.9 Å². The lowest BCUT2D eigenvalue weighted by Crippen LogP contribution is -2.44. The van der Waals surface area contributed by atoms with E-state index >= 15 is 0 Å². The van der Waals surface area contributed by atoms with Crippen LogP contribution < -0.4 is 5.32 Å². The topological polar surface area (TPSA) is 55.2 Å².